The highest BCUT2D eigenvalue weighted by Crippen LogP contribution is 2.30. The largest absolute Gasteiger partial charge is 0.416 e. The average molecular weight is 383 g/mol. The molecule has 138 valence electrons. The van der Waals surface area contributed by atoms with Crippen LogP contribution < -0.4 is 5.32 Å². The number of halogens is 4. The van der Waals surface area contributed by atoms with Crippen LogP contribution in [0, 0.1) is 5.82 Å². The van der Waals surface area contributed by atoms with Gasteiger partial charge in [-0.1, -0.05) is 30.3 Å². The lowest BCUT2D eigenvalue weighted by molar-refractivity contribution is -0.137. The van der Waals surface area contributed by atoms with Gasteiger partial charge in [0.25, 0.3) is 0 Å². The summed E-state index contributed by atoms with van der Waals surface area (Å²) in [6, 6.07) is 11.9. The summed E-state index contributed by atoms with van der Waals surface area (Å²) in [7, 11) is 0. The number of alkyl halides is 3. The van der Waals surface area contributed by atoms with E-state index < -0.39 is 17.6 Å². The van der Waals surface area contributed by atoms with Crippen LogP contribution in [0.5, 0.6) is 0 Å². The number of nitrogens with one attached hydrogen (secondary N) is 1. The van der Waals surface area contributed by atoms with Crippen LogP contribution in [0.2, 0.25) is 0 Å². The fourth-order valence-electron chi connectivity index (χ4n) is 2.12. The maximum absolute atomic E-state index is 13.3. The monoisotopic (exact) mass is 383 g/mol. The topological polar surface area (TPSA) is 29.1 Å². The second-order valence-electron chi connectivity index (χ2n) is 5.46. The number of hydrogen-bond acceptors (Lipinski definition) is 2. The lowest BCUT2D eigenvalue weighted by atomic mass is 10.1. The van der Waals surface area contributed by atoms with Gasteiger partial charge in [0.15, 0.2) is 0 Å². The van der Waals surface area contributed by atoms with Crippen molar-refractivity contribution >= 4 is 23.7 Å². The minimum atomic E-state index is -4.62. The zero-order valence-electron chi connectivity index (χ0n) is 13.7. The predicted molar refractivity (Wildman–Crippen MR) is 95.8 cm³/mol. The molecule has 26 heavy (non-hydrogen) atoms. The van der Waals surface area contributed by atoms with Crippen molar-refractivity contribution < 1.29 is 22.4 Å². The van der Waals surface area contributed by atoms with E-state index in [9.17, 15) is 22.4 Å². The Morgan fingerprint density at radius 1 is 1.12 bits per heavy atom. The smallest absolute Gasteiger partial charge is 0.352 e. The number of rotatable bonds is 7. The molecule has 7 heteroatoms. The molecule has 0 aromatic heterocycles. The predicted octanol–water partition coefficient (Wildman–Crippen LogP) is 5.25. The molecule has 2 aromatic carbocycles. The maximum Gasteiger partial charge on any atom is 0.416 e. The maximum atomic E-state index is 13.3. The van der Waals surface area contributed by atoms with E-state index in [1.807, 2.05) is 41.8 Å². The molecule has 0 saturated carbocycles. The van der Waals surface area contributed by atoms with Gasteiger partial charge in [0, 0.05) is 18.7 Å². The SMILES string of the molecule is O=C(CCS/C=C/c1ccccc1)NCc1cc(F)cc(C(F)(F)F)c1. The fraction of sp³-hybridized carbons (Fsp3) is 0.211. The number of benzene rings is 2. The normalized spacial score (nSPS) is 11.7. The van der Waals surface area contributed by atoms with Crippen LogP contribution >= 0.6 is 11.8 Å². The van der Waals surface area contributed by atoms with E-state index in [-0.39, 0.29) is 24.4 Å². The number of carbonyl (C=O) groups is 1. The highest BCUT2D eigenvalue weighted by Gasteiger charge is 2.31. The molecule has 0 saturated heterocycles. The third kappa shape index (κ3) is 6.92. The van der Waals surface area contributed by atoms with Crippen LogP contribution in [0.4, 0.5) is 17.6 Å². The highest BCUT2D eigenvalue weighted by atomic mass is 32.2. The molecule has 0 radical (unpaired) electrons. The Labute approximate surface area is 153 Å². The summed E-state index contributed by atoms with van der Waals surface area (Å²) in [6.45, 7) is -0.149. The molecule has 0 atom stereocenters. The van der Waals surface area contributed by atoms with Crippen molar-refractivity contribution in [2.45, 2.75) is 19.1 Å². The number of amides is 1. The van der Waals surface area contributed by atoms with Crippen LogP contribution in [0.15, 0.2) is 53.9 Å². The molecule has 0 spiro atoms. The first kappa shape index (κ1) is 20.0. The van der Waals surface area contributed by atoms with Crippen LogP contribution in [0.3, 0.4) is 0 Å². The fourth-order valence-corrected chi connectivity index (χ4v) is 2.81. The Bertz CT molecular complexity index is 760. The molecule has 0 aliphatic heterocycles. The molecule has 0 bridgehead atoms. The highest BCUT2D eigenvalue weighted by molar-refractivity contribution is 8.02. The molecule has 2 aromatic rings. The van der Waals surface area contributed by atoms with E-state index in [2.05, 4.69) is 5.32 Å². The first-order chi connectivity index (χ1) is 12.3. The molecule has 0 aliphatic rings. The third-order valence-corrected chi connectivity index (χ3v) is 4.15. The van der Waals surface area contributed by atoms with Gasteiger partial charge in [-0.3, -0.25) is 4.79 Å². The standard InChI is InChI=1S/C19H17F4NOS/c20-17-11-15(10-16(12-17)19(21,22)23)13-24-18(25)7-9-26-8-6-14-4-2-1-3-5-14/h1-6,8,10-12H,7,9,13H2,(H,24,25)/b8-6+. The summed E-state index contributed by atoms with van der Waals surface area (Å²) in [5, 5.41) is 4.38. The van der Waals surface area contributed by atoms with Gasteiger partial charge in [0.2, 0.25) is 5.91 Å². The lowest BCUT2D eigenvalue weighted by Gasteiger charge is -2.10. The minimum absolute atomic E-state index is 0.0716. The second-order valence-corrected chi connectivity index (χ2v) is 6.47. The van der Waals surface area contributed by atoms with Gasteiger partial charge in [-0.15, -0.1) is 11.8 Å². The van der Waals surface area contributed by atoms with Crippen molar-refractivity contribution in [3.05, 3.63) is 76.4 Å². The molecule has 2 rings (SSSR count). The molecule has 1 amide bonds. The third-order valence-electron chi connectivity index (χ3n) is 3.38. The van der Waals surface area contributed by atoms with E-state index >= 15 is 0 Å². The Morgan fingerprint density at radius 3 is 2.54 bits per heavy atom. The summed E-state index contributed by atoms with van der Waals surface area (Å²) >= 11 is 1.46. The molecular weight excluding hydrogens is 366 g/mol. The Hall–Kier alpha value is -2.28. The van der Waals surface area contributed by atoms with Crippen molar-refractivity contribution in [1.82, 2.24) is 5.32 Å². The summed E-state index contributed by atoms with van der Waals surface area (Å²) in [4.78, 5) is 11.8. The Balaban J connectivity index is 1.75. The molecular formula is C19H17F4NOS. The van der Waals surface area contributed by atoms with Crippen molar-refractivity contribution in [1.29, 1.82) is 0 Å². The summed E-state index contributed by atoms with van der Waals surface area (Å²) in [6.07, 6.45) is -2.48. The molecule has 2 nitrogen and oxygen atoms in total. The quantitative estimate of drug-likeness (QED) is 0.522. The lowest BCUT2D eigenvalue weighted by Crippen LogP contribution is -2.23. The summed E-state index contributed by atoms with van der Waals surface area (Å²) in [5.41, 5.74) is 0.0571. The van der Waals surface area contributed by atoms with Gasteiger partial charge in [-0.25, -0.2) is 4.39 Å². The zero-order valence-corrected chi connectivity index (χ0v) is 14.5. The van der Waals surface area contributed by atoms with Gasteiger partial charge < -0.3 is 5.32 Å². The van der Waals surface area contributed by atoms with Crippen LogP contribution in [0.25, 0.3) is 6.08 Å². The summed E-state index contributed by atoms with van der Waals surface area (Å²) in [5.74, 6) is -0.749. The molecule has 0 heterocycles. The summed E-state index contributed by atoms with van der Waals surface area (Å²) < 4.78 is 51.2. The Kier molecular flexibility index (Phi) is 7.26. The zero-order chi connectivity index (χ0) is 19.0. The second kappa shape index (κ2) is 9.43. The molecule has 0 aliphatic carbocycles. The van der Waals surface area contributed by atoms with E-state index in [0.29, 0.717) is 11.8 Å². The van der Waals surface area contributed by atoms with Gasteiger partial charge in [0.05, 0.1) is 5.56 Å². The number of carbonyl (C=O) groups excluding carboxylic acids is 1. The number of hydrogen-bond donors (Lipinski definition) is 1. The van der Waals surface area contributed by atoms with E-state index in [1.165, 1.54) is 11.8 Å². The number of thioether (sulfide) groups is 1. The van der Waals surface area contributed by atoms with Crippen LogP contribution in [-0.4, -0.2) is 11.7 Å². The average Bonchev–Trinajstić information content (AvgIpc) is 2.59. The van der Waals surface area contributed by atoms with Crippen LogP contribution in [-0.2, 0) is 17.5 Å². The molecule has 0 unspecified atom stereocenters. The van der Waals surface area contributed by atoms with Crippen molar-refractivity contribution in [3.8, 4) is 0 Å². The Morgan fingerprint density at radius 2 is 1.85 bits per heavy atom. The molecule has 1 N–H and O–H groups in total. The van der Waals surface area contributed by atoms with Gasteiger partial charge in [-0.05, 0) is 40.8 Å². The van der Waals surface area contributed by atoms with E-state index in [0.717, 1.165) is 17.7 Å². The van der Waals surface area contributed by atoms with Crippen molar-refractivity contribution in [2.24, 2.45) is 0 Å². The van der Waals surface area contributed by atoms with Crippen LogP contribution in [0.1, 0.15) is 23.1 Å². The first-order valence-electron chi connectivity index (χ1n) is 7.81. The van der Waals surface area contributed by atoms with E-state index in [1.54, 1.807) is 0 Å². The van der Waals surface area contributed by atoms with Crippen molar-refractivity contribution in [2.75, 3.05) is 5.75 Å². The van der Waals surface area contributed by atoms with Gasteiger partial charge in [0.1, 0.15) is 5.82 Å². The van der Waals surface area contributed by atoms with E-state index in [4.69, 9.17) is 0 Å². The molecule has 0 fully saturated rings. The first-order valence-corrected chi connectivity index (χ1v) is 8.86. The van der Waals surface area contributed by atoms with Gasteiger partial charge in [-0.2, -0.15) is 13.2 Å². The van der Waals surface area contributed by atoms with Gasteiger partial charge >= 0.3 is 6.18 Å². The minimum Gasteiger partial charge on any atom is -0.352 e. The van der Waals surface area contributed by atoms with Crippen molar-refractivity contribution in [3.63, 3.8) is 0 Å².